The monoisotopic (exact) mass is 294 g/mol. The fourth-order valence-electron chi connectivity index (χ4n) is 1.81. The molecule has 110 valence electrons. The smallest absolute Gasteiger partial charge is 0.339 e. The zero-order chi connectivity index (χ0) is 15.4. The van der Waals surface area contributed by atoms with Crippen molar-refractivity contribution >= 4 is 5.97 Å². The van der Waals surface area contributed by atoms with E-state index < -0.39 is 24.2 Å². The van der Waals surface area contributed by atoms with Gasteiger partial charge in [0.1, 0.15) is 23.8 Å². The molecule has 6 heteroatoms. The van der Waals surface area contributed by atoms with Gasteiger partial charge >= 0.3 is 5.97 Å². The van der Waals surface area contributed by atoms with E-state index in [4.69, 9.17) is 14.6 Å². The highest BCUT2D eigenvalue weighted by atomic mass is 19.1. The Morgan fingerprint density at radius 3 is 2.33 bits per heavy atom. The van der Waals surface area contributed by atoms with Gasteiger partial charge in [-0.25, -0.2) is 13.6 Å². The molecular formula is C15H12F2O4. The van der Waals surface area contributed by atoms with Crippen LogP contribution in [-0.4, -0.2) is 18.2 Å². The van der Waals surface area contributed by atoms with Gasteiger partial charge in [0.2, 0.25) is 0 Å². The van der Waals surface area contributed by atoms with Gasteiger partial charge < -0.3 is 14.6 Å². The lowest BCUT2D eigenvalue weighted by atomic mass is 10.1. The number of hydrogen-bond donors (Lipinski definition) is 1. The normalized spacial score (nSPS) is 10.2. The molecule has 1 N–H and O–H groups in total. The molecular weight excluding hydrogens is 282 g/mol. The van der Waals surface area contributed by atoms with Gasteiger partial charge in [-0.3, -0.25) is 0 Å². The molecule has 0 amide bonds. The van der Waals surface area contributed by atoms with Crippen molar-refractivity contribution in [2.45, 2.75) is 6.61 Å². The molecule has 4 nitrogen and oxygen atoms in total. The SMILES string of the molecule is COc1cccc(C(=O)O)c1OCc1c(F)cccc1F. The molecule has 2 rings (SSSR count). The lowest BCUT2D eigenvalue weighted by molar-refractivity contribution is 0.0691. The summed E-state index contributed by atoms with van der Waals surface area (Å²) in [5, 5.41) is 9.11. The Morgan fingerprint density at radius 1 is 1.14 bits per heavy atom. The fourth-order valence-corrected chi connectivity index (χ4v) is 1.81. The van der Waals surface area contributed by atoms with Crippen LogP contribution in [0, 0.1) is 11.6 Å². The highest BCUT2D eigenvalue weighted by Gasteiger charge is 2.18. The minimum atomic E-state index is -1.22. The second kappa shape index (κ2) is 6.21. The summed E-state index contributed by atoms with van der Waals surface area (Å²) in [4.78, 5) is 11.2. The summed E-state index contributed by atoms with van der Waals surface area (Å²) in [6.45, 7) is -0.445. The summed E-state index contributed by atoms with van der Waals surface area (Å²) in [6, 6.07) is 7.74. The number of benzene rings is 2. The highest BCUT2D eigenvalue weighted by molar-refractivity contribution is 5.92. The zero-order valence-corrected chi connectivity index (χ0v) is 11.1. The predicted octanol–water partition coefficient (Wildman–Crippen LogP) is 3.25. The third kappa shape index (κ3) is 3.10. The van der Waals surface area contributed by atoms with Gasteiger partial charge in [-0.2, -0.15) is 0 Å². The van der Waals surface area contributed by atoms with Crippen molar-refractivity contribution in [2.75, 3.05) is 7.11 Å². The number of carbonyl (C=O) groups is 1. The van der Waals surface area contributed by atoms with E-state index >= 15 is 0 Å². The second-order valence-corrected chi connectivity index (χ2v) is 4.13. The Bertz CT molecular complexity index is 650. The van der Waals surface area contributed by atoms with Gasteiger partial charge in [-0.15, -0.1) is 0 Å². The van der Waals surface area contributed by atoms with E-state index in [0.29, 0.717) is 0 Å². The third-order valence-corrected chi connectivity index (χ3v) is 2.85. The number of aromatic carboxylic acids is 1. The molecule has 0 aliphatic heterocycles. The third-order valence-electron chi connectivity index (χ3n) is 2.85. The number of carboxylic acids is 1. The predicted molar refractivity (Wildman–Crippen MR) is 70.6 cm³/mol. The first-order chi connectivity index (χ1) is 10.0. The van der Waals surface area contributed by atoms with E-state index in [1.54, 1.807) is 0 Å². The van der Waals surface area contributed by atoms with Gasteiger partial charge in [-0.05, 0) is 24.3 Å². The quantitative estimate of drug-likeness (QED) is 0.919. The number of ether oxygens (including phenoxy) is 2. The van der Waals surface area contributed by atoms with Crippen molar-refractivity contribution in [3.05, 3.63) is 59.2 Å². The van der Waals surface area contributed by atoms with Crippen molar-refractivity contribution in [1.29, 1.82) is 0 Å². The summed E-state index contributed by atoms with van der Waals surface area (Å²) >= 11 is 0. The Balaban J connectivity index is 2.33. The zero-order valence-electron chi connectivity index (χ0n) is 11.1. The largest absolute Gasteiger partial charge is 0.493 e. The Kier molecular flexibility index (Phi) is 4.37. The Labute approximate surface area is 119 Å². The van der Waals surface area contributed by atoms with E-state index in [0.717, 1.165) is 12.1 Å². The summed E-state index contributed by atoms with van der Waals surface area (Å²) in [6.07, 6.45) is 0. The number of halogens is 2. The summed E-state index contributed by atoms with van der Waals surface area (Å²) in [7, 11) is 1.34. The molecule has 2 aromatic carbocycles. The van der Waals surface area contributed by atoms with Crippen LogP contribution >= 0.6 is 0 Å². The molecule has 0 spiro atoms. The minimum absolute atomic E-state index is 0.0739. The highest BCUT2D eigenvalue weighted by Crippen LogP contribution is 2.32. The maximum atomic E-state index is 13.5. The Morgan fingerprint density at radius 2 is 1.76 bits per heavy atom. The van der Waals surface area contributed by atoms with E-state index in [2.05, 4.69) is 0 Å². The van der Waals surface area contributed by atoms with Crippen LogP contribution in [0.25, 0.3) is 0 Å². The van der Waals surface area contributed by atoms with Crippen molar-refractivity contribution in [1.82, 2.24) is 0 Å². The van der Waals surface area contributed by atoms with Crippen molar-refractivity contribution in [2.24, 2.45) is 0 Å². The lowest BCUT2D eigenvalue weighted by Crippen LogP contribution is -2.07. The topological polar surface area (TPSA) is 55.8 Å². The van der Waals surface area contributed by atoms with Gasteiger partial charge in [0.05, 0.1) is 12.7 Å². The lowest BCUT2D eigenvalue weighted by Gasteiger charge is -2.13. The molecule has 0 aromatic heterocycles. The standard InChI is InChI=1S/C15H12F2O4/c1-20-13-7-2-4-9(15(18)19)14(13)21-8-10-11(16)5-3-6-12(10)17/h2-7H,8H2,1H3,(H,18,19). The first-order valence-electron chi connectivity index (χ1n) is 6.00. The van der Waals surface area contributed by atoms with Gasteiger partial charge in [-0.1, -0.05) is 12.1 Å². The minimum Gasteiger partial charge on any atom is -0.493 e. The van der Waals surface area contributed by atoms with Gasteiger partial charge in [0.25, 0.3) is 0 Å². The summed E-state index contributed by atoms with van der Waals surface area (Å²) in [5.74, 6) is -2.65. The molecule has 0 aliphatic carbocycles. The molecule has 0 atom stereocenters. The van der Waals surface area contributed by atoms with Crippen LogP contribution in [0.1, 0.15) is 15.9 Å². The fraction of sp³-hybridized carbons (Fsp3) is 0.133. The van der Waals surface area contributed by atoms with Crippen LogP contribution < -0.4 is 9.47 Å². The number of hydrogen-bond acceptors (Lipinski definition) is 3. The second-order valence-electron chi connectivity index (χ2n) is 4.13. The van der Waals surface area contributed by atoms with Crippen molar-refractivity contribution in [3.63, 3.8) is 0 Å². The number of rotatable bonds is 5. The van der Waals surface area contributed by atoms with Crippen LogP contribution in [0.3, 0.4) is 0 Å². The van der Waals surface area contributed by atoms with E-state index in [-0.39, 0.29) is 22.6 Å². The molecule has 0 bridgehead atoms. The van der Waals surface area contributed by atoms with Gasteiger partial charge in [0, 0.05) is 0 Å². The number of para-hydroxylation sites is 1. The Hall–Kier alpha value is -2.63. The van der Waals surface area contributed by atoms with Crippen LogP contribution in [0.5, 0.6) is 11.5 Å². The molecule has 0 unspecified atom stereocenters. The van der Waals surface area contributed by atoms with E-state index in [9.17, 15) is 13.6 Å². The van der Waals surface area contributed by atoms with Crippen molar-refractivity contribution < 1.29 is 28.2 Å². The van der Waals surface area contributed by atoms with E-state index in [1.807, 2.05) is 0 Å². The van der Waals surface area contributed by atoms with Gasteiger partial charge in [0.15, 0.2) is 11.5 Å². The molecule has 0 aliphatic rings. The van der Waals surface area contributed by atoms with Crippen molar-refractivity contribution in [3.8, 4) is 11.5 Å². The molecule has 0 saturated heterocycles. The molecule has 0 radical (unpaired) electrons. The number of methoxy groups -OCH3 is 1. The molecule has 0 heterocycles. The molecule has 2 aromatic rings. The average molecular weight is 294 g/mol. The summed E-state index contributed by atoms with van der Waals surface area (Å²) < 4.78 is 37.3. The first-order valence-corrected chi connectivity index (χ1v) is 6.00. The van der Waals surface area contributed by atoms with E-state index in [1.165, 1.54) is 31.4 Å². The molecule has 21 heavy (non-hydrogen) atoms. The maximum Gasteiger partial charge on any atom is 0.339 e. The molecule has 0 fully saturated rings. The van der Waals surface area contributed by atoms with Crippen LogP contribution in [0.4, 0.5) is 8.78 Å². The van der Waals surface area contributed by atoms with Crippen LogP contribution in [0.2, 0.25) is 0 Å². The molecule has 0 saturated carbocycles. The summed E-state index contributed by atoms with van der Waals surface area (Å²) in [5.41, 5.74) is -0.425. The average Bonchev–Trinajstić information content (AvgIpc) is 2.46. The van der Waals surface area contributed by atoms with Crippen LogP contribution in [0.15, 0.2) is 36.4 Å². The van der Waals surface area contributed by atoms with Crippen LogP contribution in [-0.2, 0) is 6.61 Å². The first kappa shape index (κ1) is 14.8. The maximum absolute atomic E-state index is 13.5. The number of carboxylic acid groups (broad SMARTS) is 1.